The van der Waals surface area contributed by atoms with E-state index in [1.807, 2.05) is 6.07 Å². The largest absolute Gasteiger partial charge is 0.497 e. The van der Waals surface area contributed by atoms with Crippen molar-refractivity contribution in [3.05, 3.63) is 64.8 Å². The highest BCUT2D eigenvalue weighted by Crippen LogP contribution is 2.44. The van der Waals surface area contributed by atoms with Gasteiger partial charge in [-0.1, -0.05) is 41.9 Å². The van der Waals surface area contributed by atoms with Crippen LogP contribution in [0.25, 0.3) is 10.9 Å². The van der Waals surface area contributed by atoms with Gasteiger partial charge < -0.3 is 9.72 Å². The summed E-state index contributed by atoms with van der Waals surface area (Å²) in [6, 6.07) is 17.3. The Morgan fingerprint density at radius 3 is 2.47 bits per heavy atom. The highest BCUT2D eigenvalue weighted by Gasteiger charge is 2.46. The Hall–Kier alpha value is -1.43. The minimum Gasteiger partial charge on any atom is -0.497 e. The molecule has 0 amide bonds. The van der Waals surface area contributed by atoms with Crippen LogP contribution in [0.3, 0.4) is 0 Å². The van der Waals surface area contributed by atoms with Gasteiger partial charge in [0, 0.05) is 48.8 Å². The molecule has 0 bridgehead atoms. The minimum atomic E-state index is 0. The summed E-state index contributed by atoms with van der Waals surface area (Å²) >= 11 is 6.65. The van der Waals surface area contributed by atoms with Crippen LogP contribution in [-0.2, 0) is 6.54 Å². The number of likely N-dealkylation sites (tertiary alicyclic amines) is 2. The third-order valence-corrected chi connectivity index (χ3v) is 6.95. The Morgan fingerprint density at radius 2 is 1.77 bits per heavy atom. The van der Waals surface area contributed by atoms with E-state index in [9.17, 15) is 0 Å². The molecular weight excluding hydrogens is 441 g/mol. The van der Waals surface area contributed by atoms with E-state index in [0.29, 0.717) is 17.9 Å². The quantitative estimate of drug-likeness (QED) is 0.555. The predicted octanol–water partition coefficient (Wildman–Crippen LogP) is 5.41. The number of para-hydroxylation sites is 1. The molecule has 162 valence electrons. The lowest BCUT2D eigenvalue weighted by Crippen LogP contribution is -2.29. The predicted molar refractivity (Wildman–Crippen MR) is 128 cm³/mol. The van der Waals surface area contributed by atoms with Gasteiger partial charge in [-0.05, 0) is 42.6 Å². The molecule has 1 N–H and O–H groups in total. The van der Waals surface area contributed by atoms with E-state index in [1.54, 1.807) is 7.11 Å². The van der Waals surface area contributed by atoms with Gasteiger partial charge in [-0.15, -0.1) is 24.8 Å². The molecule has 4 nitrogen and oxygen atoms in total. The van der Waals surface area contributed by atoms with Gasteiger partial charge in [0.1, 0.15) is 5.75 Å². The number of hydrogen-bond acceptors (Lipinski definition) is 3. The van der Waals surface area contributed by atoms with E-state index in [1.165, 1.54) is 5.56 Å². The maximum Gasteiger partial charge on any atom is 0.118 e. The maximum atomic E-state index is 6.65. The van der Waals surface area contributed by atoms with Crippen molar-refractivity contribution < 1.29 is 4.74 Å². The van der Waals surface area contributed by atoms with Gasteiger partial charge in [-0.25, -0.2) is 0 Å². The van der Waals surface area contributed by atoms with E-state index in [2.05, 4.69) is 64.3 Å². The van der Waals surface area contributed by atoms with Crippen molar-refractivity contribution in [3.63, 3.8) is 0 Å². The fourth-order valence-corrected chi connectivity index (χ4v) is 5.55. The van der Waals surface area contributed by atoms with E-state index in [4.69, 9.17) is 16.3 Å². The molecular formula is C23H28Cl3N3O. The number of ether oxygens (including phenoxy) is 1. The minimum absolute atomic E-state index is 0. The van der Waals surface area contributed by atoms with Gasteiger partial charge in [0.25, 0.3) is 0 Å². The van der Waals surface area contributed by atoms with Gasteiger partial charge in [0.05, 0.1) is 12.1 Å². The van der Waals surface area contributed by atoms with Crippen molar-refractivity contribution in [2.24, 2.45) is 11.8 Å². The van der Waals surface area contributed by atoms with Gasteiger partial charge >= 0.3 is 0 Å². The SMILES string of the molecule is COc1ccc([C@H]2[C@@H]3CN(Cc4[nH]c5ccccc5c4Cl)C[C@@H]3CN2C)cc1.Cl.Cl. The smallest absolute Gasteiger partial charge is 0.118 e. The summed E-state index contributed by atoms with van der Waals surface area (Å²) in [6.07, 6.45) is 0. The average molecular weight is 469 g/mol. The number of aromatic amines is 1. The zero-order valence-electron chi connectivity index (χ0n) is 17.2. The van der Waals surface area contributed by atoms with Crippen molar-refractivity contribution in [3.8, 4) is 5.75 Å². The second-order valence-electron chi connectivity index (χ2n) is 8.24. The summed E-state index contributed by atoms with van der Waals surface area (Å²) in [4.78, 5) is 8.61. The van der Waals surface area contributed by atoms with Crippen LogP contribution >= 0.6 is 36.4 Å². The normalized spacial score (nSPS) is 23.8. The standard InChI is InChI=1S/C23H26ClN3O.2ClH/c1-26-11-16-12-27(14-21-22(24)18-5-3-4-6-20(18)25-21)13-19(16)23(26)15-7-9-17(28-2)10-8-15;;/h3-10,16,19,23,25H,11-14H2,1-2H3;2*1H/t16-,19+,23-;;/m0../s1. The molecule has 2 aliphatic heterocycles. The van der Waals surface area contributed by atoms with E-state index >= 15 is 0 Å². The van der Waals surface area contributed by atoms with E-state index in [-0.39, 0.29) is 24.8 Å². The number of methoxy groups -OCH3 is 1. The van der Waals surface area contributed by atoms with Crippen molar-refractivity contribution in [1.29, 1.82) is 0 Å². The van der Waals surface area contributed by atoms with Crippen LogP contribution in [0.15, 0.2) is 48.5 Å². The third kappa shape index (κ3) is 4.04. The van der Waals surface area contributed by atoms with Crippen molar-refractivity contribution in [2.75, 3.05) is 33.8 Å². The lowest BCUT2D eigenvalue weighted by atomic mass is 9.89. The Morgan fingerprint density at radius 1 is 1.03 bits per heavy atom. The zero-order valence-corrected chi connectivity index (χ0v) is 19.6. The lowest BCUT2D eigenvalue weighted by molar-refractivity contribution is 0.223. The number of hydrogen-bond donors (Lipinski definition) is 1. The van der Waals surface area contributed by atoms with Gasteiger partial charge in [0.15, 0.2) is 0 Å². The molecule has 2 fully saturated rings. The lowest BCUT2D eigenvalue weighted by Gasteiger charge is -2.27. The number of nitrogens with one attached hydrogen (secondary N) is 1. The summed E-state index contributed by atoms with van der Waals surface area (Å²) in [6.45, 7) is 4.28. The van der Waals surface area contributed by atoms with Crippen LogP contribution in [-0.4, -0.2) is 48.6 Å². The van der Waals surface area contributed by atoms with Crippen LogP contribution in [0.4, 0.5) is 0 Å². The molecule has 7 heteroatoms. The molecule has 3 atom stereocenters. The molecule has 2 aliphatic rings. The summed E-state index contributed by atoms with van der Waals surface area (Å²) in [7, 11) is 3.98. The molecule has 1 aromatic heterocycles. The van der Waals surface area contributed by atoms with Crippen LogP contribution in [0, 0.1) is 11.8 Å². The summed E-state index contributed by atoms with van der Waals surface area (Å²) in [5.41, 5.74) is 3.65. The molecule has 2 aromatic carbocycles. The highest BCUT2D eigenvalue weighted by molar-refractivity contribution is 6.36. The molecule has 0 unspecified atom stereocenters. The molecule has 30 heavy (non-hydrogen) atoms. The first-order valence-electron chi connectivity index (χ1n) is 9.95. The number of halogens is 3. The Bertz CT molecular complexity index is 991. The number of benzene rings is 2. The van der Waals surface area contributed by atoms with Crippen LogP contribution in [0.1, 0.15) is 17.3 Å². The Kier molecular flexibility index (Phi) is 7.26. The maximum absolute atomic E-state index is 6.65. The fraction of sp³-hybridized carbons (Fsp3) is 0.391. The zero-order chi connectivity index (χ0) is 19.3. The van der Waals surface area contributed by atoms with Crippen molar-refractivity contribution in [1.82, 2.24) is 14.8 Å². The summed E-state index contributed by atoms with van der Waals surface area (Å²) in [5, 5.41) is 1.99. The topological polar surface area (TPSA) is 31.5 Å². The fourth-order valence-electron chi connectivity index (χ4n) is 5.28. The van der Waals surface area contributed by atoms with Crippen molar-refractivity contribution >= 4 is 47.3 Å². The van der Waals surface area contributed by atoms with E-state index < -0.39 is 0 Å². The molecule has 3 aromatic rings. The summed E-state index contributed by atoms with van der Waals surface area (Å²) < 4.78 is 5.33. The molecule has 0 saturated carbocycles. The second-order valence-corrected chi connectivity index (χ2v) is 8.62. The van der Waals surface area contributed by atoms with Crippen LogP contribution < -0.4 is 4.74 Å². The van der Waals surface area contributed by atoms with Gasteiger partial charge in [-0.2, -0.15) is 0 Å². The first-order chi connectivity index (χ1) is 13.6. The molecule has 2 saturated heterocycles. The highest BCUT2D eigenvalue weighted by atomic mass is 35.5. The molecule has 3 heterocycles. The van der Waals surface area contributed by atoms with Crippen molar-refractivity contribution in [2.45, 2.75) is 12.6 Å². The molecule has 0 spiro atoms. The van der Waals surface area contributed by atoms with Crippen LogP contribution in [0.5, 0.6) is 5.75 Å². The molecule has 0 radical (unpaired) electrons. The molecule has 0 aliphatic carbocycles. The van der Waals surface area contributed by atoms with E-state index in [0.717, 1.165) is 53.5 Å². The molecule has 5 rings (SSSR count). The number of rotatable bonds is 4. The summed E-state index contributed by atoms with van der Waals surface area (Å²) in [5.74, 6) is 2.28. The number of aromatic nitrogens is 1. The van der Waals surface area contributed by atoms with Crippen LogP contribution in [0.2, 0.25) is 5.02 Å². The monoisotopic (exact) mass is 467 g/mol. The third-order valence-electron chi connectivity index (χ3n) is 6.52. The Balaban J connectivity index is 0.00000128. The van der Waals surface area contributed by atoms with Gasteiger partial charge in [0.2, 0.25) is 0 Å². The first kappa shape index (κ1) is 23.2. The first-order valence-corrected chi connectivity index (χ1v) is 10.3. The average Bonchev–Trinajstić information content (AvgIpc) is 3.33. The number of nitrogens with zero attached hydrogens (tertiary/aromatic N) is 2. The number of H-pyrrole nitrogens is 1. The van der Waals surface area contributed by atoms with Gasteiger partial charge in [-0.3, -0.25) is 9.80 Å². The Labute approximate surface area is 195 Å². The number of fused-ring (bicyclic) bond motifs is 2. The second kappa shape index (κ2) is 9.37.